The van der Waals surface area contributed by atoms with Gasteiger partial charge in [0, 0.05) is 45.9 Å². The van der Waals surface area contributed by atoms with Gasteiger partial charge in [-0.1, -0.05) is 40.0 Å². The molecule has 0 aromatic carbocycles. The summed E-state index contributed by atoms with van der Waals surface area (Å²) in [5.41, 5.74) is 0. The zero-order valence-corrected chi connectivity index (χ0v) is 19.6. The summed E-state index contributed by atoms with van der Waals surface area (Å²) in [4.78, 5) is 6.92. The van der Waals surface area contributed by atoms with Gasteiger partial charge in [-0.2, -0.15) is 0 Å². The van der Waals surface area contributed by atoms with Gasteiger partial charge in [-0.15, -0.1) is 24.0 Å². The number of halogens is 1. The highest BCUT2D eigenvalue weighted by Crippen LogP contribution is 2.19. The number of rotatable bonds is 12. The maximum atomic E-state index is 5.60. The minimum Gasteiger partial charge on any atom is -0.380 e. The van der Waals surface area contributed by atoms with Crippen molar-refractivity contribution in [1.29, 1.82) is 0 Å². The van der Waals surface area contributed by atoms with Gasteiger partial charge in [0.05, 0.1) is 19.8 Å². The van der Waals surface area contributed by atoms with Crippen LogP contribution in [-0.4, -0.2) is 76.6 Å². The molecular formula is C19H41IN4O2. The number of ether oxygens (including phenoxy) is 2. The monoisotopic (exact) mass is 484 g/mol. The standard InChI is InChI=1S/C19H40N4O2.HI/c1-5-8-12-24-13-9-21-19(20-4)22-16-18(17(6-2)7-3)23-10-14-25-15-11-23;/h17-18H,5-16H2,1-4H3,(H2,20,21,22);1H. The topological polar surface area (TPSA) is 58.1 Å². The van der Waals surface area contributed by atoms with Gasteiger partial charge in [0.1, 0.15) is 0 Å². The SMILES string of the molecule is CCCCOCCNC(=NC)NCC(C(CC)CC)N1CCOCC1.I. The Labute approximate surface area is 177 Å². The molecule has 1 aliphatic rings. The van der Waals surface area contributed by atoms with Crippen LogP contribution in [0.25, 0.3) is 0 Å². The smallest absolute Gasteiger partial charge is 0.191 e. The molecule has 2 N–H and O–H groups in total. The Hall–Kier alpha value is -0.120. The third-order valence-electron chi connectivity index (χ3n) is 4.99. The first-order valence-electron chi connectivity index (χ1n) is 10.1. The van der Waals surface area contributed by atoms with Gasteiger partial charge in [-0.05, 0) is 12.3 Å². The highest BCUT2D eigenvalue weighted by molar-refractivity contribution is 14.0. The predicted molar refractivity (Wildman–Crippen MR) is 121 cm³/mol. The van der Waals surface area contributed by atoms with Gasteiger partial charge in [0.2, 0.25) is 0 Å². The molecule has 0 aromatic heterocycles. The Balaban J connectivity index is 0.00000625. The van der Waals surface area contributed by atoms with Crippen LogP contribution in [0.4, 0.5) is 0 Å². The second kappa shape index (κ2) is 17.0. The number of guanidine groups is 1. The third kappa shape index (κ3) is 10.3. The third-order valence-corrected chi connectivity index (χ3v) is 4.99. The van der Waals surface area contributed by atoms with Crippen molar-refractivity contribution in [2.24, 2.45) is 10.9 Å². The molecule has 1 fully saturated rings. The number of hydrogen-bond acceptors (Lipinski definition) is 4. The van der Waals surface area contributed by atoms with Crippen LogP contribution < -0.4 is 10.6 Å². The van der Waals surface area contributed by atoms with Gasteiger partial charge in [-0.25, -0.2) is 0 Å². The number of nitrogens with zero attached hydrogens (tertiary/aromatic N) is 2. The quantitative estimate of drug-likeness (QED) is 0.193. The summed E-state index contributed by atoms with van der Waals surface area (Å²) in [5, 5.41) is 6.87. The fraction of sp³-hybridized carbons (Fsp3) is 0.947. The van der Waals surface area contributed by atoms with Crippen molar-refractivity contribution in [3.63, 3.8) is 0 Å². The Morgan fingerprint density at radius 1 is 1.12 bits per heavy atom. The van der Waals surface area contributed by atoms with Gasteiger partial charge in [-0.3, -0.25) is 9.89 Å². The van der Waals surface area contributed by atoms with E-state index in [9.17, 15) is 0 Å². The Bertz CT molecular complexity index is 348. The molecule has 0 aromatic rings. The molecule has 1 unspecified atom stereocenters. The molecule has 156 valence electrons. The van der Waals surface area contributed by atoms with Crippen molar-refractivity contribution in [3.8, 4) is 0 Å². The molecule has 0 saturated carbocycles. The van der Waals surface area contributed by atoms with Crippen molar-refractivity contribution in [2.45, 2.75) is 52.5 Å². The van der Waals surface area contributed by atoms with Crippen molar-refractivity contribution in [3.05, 3.63) is 0 Å². The van der Waals surface area contributed by atoms with Crippen LogP contribution in [0.3, 0.4) is 0 Å². The lowest BCUT2D eigenvalue weighted by atomic mass is 9.92. The Kier molecular flexibility index (Phi) is 16.9. The van der Waals surface area contributed by atoms with Crippen molar-refractivity contribution in [2.75, 3.05) is 59.7 Å². The van der Waals surface area contributed by atoms with E-state index in [1.165, 1.54) is 19.3 Å². The van der Waals surface area contributed by atoms with E-state index in [2.05, 4.69) is 41.3 Å². The first-order valence-corrected chi connectivity index (χ1v) is 10.1. The molecule has 6 nitrogen and oxygen atoms in total. The molecule has 7 heteroatoms. The van der Waals surface area contributed by atoms with E-state index in [1.54, 1.807) is 0 Å². The highest BCUT2D eigenvalue weighted by atomic mass is 127. The van der Waals surface area contributed by atoms with E-state index < -0.39 is 0 Å². The van der Waals surface area contributed by atoms with Gasteiger partial charge in [0.15, 0.2) is 5.96 Å². The zero-order valence-electron chi connectivity index (χ0n) is 17.3. The van der Waals surface area contributed by atoms with Crippen LogP contribution in [0.1, 0.15) is 46.5 Å². The number of unbranched alkanes of at least 4 members (excludes halogenated alkanes) is 1. The largest absolute Gasteiger partial charge is 0.380 e. The summed E-state index contributed by atoms with van der Waals surface area (Å²) >= 11 is 0. The summed E-state index contributed by atoms with van der Waals surface area (Å²) in [6.45, 7) is 13.8. The van der Waals surface area contributed by atoms with Crippen LogP contribution in [0.15, 0.2) is 4.99 Å². The minimum atomic E-state index is 0. The van der Waals surface area contributed by atoms with Crippen molar-refractivity contribution < 1.29 is 9.47 Å². The normalized spacial score (nSPS) is 17.0. The Morgan fingerprint density at radius 2 is 1.81 bits per heavy atom. The summed E-state index contributed by atoms with van der Waals surface area (Å²) in [6, 6.07) is 0.526. The number of nitrogens with one attached hydrogen (secondary N) is 2. The summed E-state index contributed by atoms with van der Waals surface area (Å²) in [7, 11) is 1.83. The Morgan fingerprint density at radius 3 is 2.38 bits per heavy atom. The fourth-order valence-corrected chi connectivity index (χ4v) is 3.35. The first kappa shape index (κ1) is 25.9. The summed E-state index contributed by atoms with van der Waals surface area (Å²) in [6.07, 6.45) is 4.72. The summed E-state index contributed by atoms with van der Waals surface area (Å²) in [5.74, 6) is 1.56. The van der Waals surface area contributed by atoms with Crippen LogP contribution in [0.5, 0.6) is 0 Å². The van der Waals surface area contributed by atoms with Gasteiger partial charge >= 0.3 is 0 Å². The molecular weight excluding hydrogens is 443 g/mol. The molecule has 0 amide bonds. The molecule has 26 heavy (non-hydrogen) atoms. The number of aliphatic imine (C=N–C) groups is 1. The molecule has 0 aliphatic carbocycles. The molecule has 0 spiro atoms. The minimum absolute atomic E-state index is 0. The van der Waals surface area contributed by atoms with Gasteiger partial charge in [0.25, 0.3) is 0 Å². The number of hydrogen-bond donors (Lipinski definition) is 2. The zero-order chi connectivity index (χ0) is 18.3. The second-order valence-electron chi connectivity index (χ2n) is 6.64. The molecule has 1 rings (SSSR count). The maximum Gasteiger partial charge on any atom is 0.191 e. The molecule has 1 heterocycles. The average Bonchev–Trinajstić information content (AvgIpc) is 2.66. The van der Waals surface area contributed by atoms with Crippen LogP contribution in [-0.2, 0) is 9.47 Å². The van der Waals surface area contributed by atoms with Crippen LogP contribution in [0, 0.1) is 5.92 Å². The summed E-state index contributed by atoms with van der Waals surface area (Å²) < 4.78 is 11.1. The molecule has 1 saturated heterocycles. The fourth-order valence-electron chi connectivity index (χ4n) is 3.35. The molecule has 0 radical (unpaired) electrons. The lowest BCUT2D eigenvalue weighted by molar-refractivity contribution is 0.00271. The molecule has 1 atom stereocenters. The lowest BCUT2D eigenvalue weighted by Crippen LogP contribution is -2.53. The van der Waals surface area contributed by atoms with Crippen LogP contribution in [0.2, 0.25) is 0 Å². The lowest BCUT2D eigenvalue weighted by Gasteiger charge is -2.39. The molecule has 1 aliphatic heterocycles. The molecule has 0 bridgehead atoms. The van der Waals surface area contributed by atoms with E-state index >= 15 is 0 Å². The first-order chi connectivity index (χ1) is 12.3. The predicted octanol–water partition coefficient (Wildman–Crippen LogP) is 2.72. The second-order valence-corrected chi connectivity index (χ2v) is 6.64. The van der Waals surface area contributed by atoms with Crippen molar-refractivity contribution in [1.82, 2.24) is 15.5 Å². The number of morpholine rings is 1. The average molecular weight is 484 g/mol. The van der Waals surface area contributed by atoms with Crippen molar-refractivity contribution >= 4 is 29.9 Å². The van der Waals surface area contributed by atoms with E-state index in [1.807, 2.05) is 7.05 Å². The van der Waals surface area contributed by atoms with E-state index in [0.29, 0.717) is 12.0 Å². The highest BCUT2D eigenvalue weighted by Gasteiger charge is 2.26. The van der Waals surface area contributed by atoms with E-state index in [0.717, 1.165) is 65.0 Å². The maximum absolute atomic E-state index is 5.60. The van der Waals surface area contributed by atoms with Crippen LogP contribution >= 0.6 is 24.0 Å². The van der Waals surface area contributed by atoms with E-state index in [4.69, 9.17) is 9.47 Å². The van der Waals surface area contributed by atoms with E-state index in [-0.39, 0.29) is 24.0 Å². The van der Waals surface area contributed by atoms with Gasteiger partial charge < -0.3 is 20.1 Å².